The van der Waals surface area contributed by atoms with E-state index in [9.17, 15) is 13.5 Å². The molecule has 2 aromatic heterocycles. The number of nitrogens with zero attached hydrogens (tertiary/aromatic N) is 4. The number of aliphatic hydroxyl groups excluding tert-OH is 1. The number of rotatable bonds is 5. The van der Waals surface area contributed by atoms with Crippen molar-refractivity contribution in [1.29, 1.82) is 0 Å². The Morgan fingerprint density at radius 1 is 1.38 bits per heavy atom. The zero-order valence-electron chi connectivity index (χ0n) is 14.1. The highest BCUT2D eigenvalue weighted by Crippen LogP contribution is 2.22. The summed E-state index contributed by atoms with van der Waals surface area (Å²) >= 11 is 0. The van der Waals surface area contributed by atoms with Gasteiger partial charge in [-0.2, -0.15) is 5.10 Å². The standard InChI is InChI=1S/C15H22N4O4S/c1-10-13(11(2)23-17-10)8-18-4-5-19-12(7-18)6-14(16-19)15(20)9-24(3,21)22/h6,15,20H,4-5,7-9H2,1-3H3/t15-/m1/s1. The molecule has 0 aromatic carbocycles. The van der Waals surface area contributed by atoms with Crippen LogP contribution in [0.15, 0.2) is 10.6 Å². The van der Waals surface area contributed by atoms with Gasteiger partial charge in [0.1, 0.15) is 21.7 Å². The summed E-state index contributed by atoms with van der Waals surface area (Å²) in [6, 6.07) is 1.79. The minimum absolute atomic E-state index is 0.313. The van der Waals surface area contributed by atoms with Crippen molar-refractivity contribution in [1.82, 2.24) is 19.8 Å². The monoisotopic (exact) mass is 354 g/mol. The normalized spacial score (nSPS) is 17.0. The van der Waals surface area contributed by atoms with Gasteiger partial charge in [0.05, 0.1) is 29.4 Å². The lowest BCUT2D eigenvalue weighted by Gasteiger charge is -2.27. The molecule has 0 spiro atoms. The van der Waals surface area contributed by atoms with Crippen LogP contribution < -0.4 is 0 Å². The molecule has 3 rings (SSSR count). The largest absolute Gasteiger partial charge is 0.386 e. The molecular formula is C15H22N4O4S. The van der Waals surface area contributed by atoms with Crippen LogP contribution in [0.2, 0.25) is 0 Å². The Labute approximate surface area is 141 Å². The van der Waals surface area contributed by atoms with Crippen molar-refractivity contribution in [2.75, 3.05) is 18.6 Å². The number of sulfone groups is 1. The van der Waals surface area contributed by atoms with Gasteiger partial charge in [0.15, 0.2) is 0 Å². The lowest BCUT2D eigenvalue weighted by Crippen LogP contribution is -2.33. The highest BCUT2D eigenvalue weighted by molar-refractivity contribution is 7.90. The Morgan fingerprint density at radius 3 is 2.75 bits per heavy atom. The third-order valence-corrected chi connectivity index (χ3v) is 5.18. The molecular weight excluding hydrogens is 332 g/mol. The van der Waals surface area contributed by atoms with E-state index in [1.54, 1.807) is 6.07 Å². The molecule has 1 N–H and O–H groups in total. The zero-order chi connectivity index (χ0) is 17.5. The Balaban J connectivity index is 1.72. The first kappa shape index (κ1) is 17.1. The first-order valence-electron chi connectivity index (χ1n) is 7.79. The lowest BCUT2D eigenvalue weighted by atomic mass is 10.1. The summed E-state index contributed by atoms with van der Waals surface area (Å²) in [6.45, 7) is 6.78. The second kappa shape index (κ2) is 6.30. The van der Waals surface area contributed by atoms with Gasteiger partial charge < -0.3 is 9.63 Å². The second-order valence-electron chi connectivity index (χ2n) is 6.41. The Hall–Kier alpha value is -1.71. The summed E-state index contributed by atoms with van der Waals surface area (Å²) < 4.78 is 29.7. The van der Waals surface area contributed by atoms with Crippen LogP contribution in [-0.4, -0.2) is 51.9 Å². The third kappa shape index (κ3) is 3.68. The number of hydrogen-bond donors (Lipinski definition) is 1. The molecule has 1 atom stereocenters. The Kier molecular flexibility index (Phi) is 4.50. The van der Waals surface area contributed by atoms with Crippen molar-refractivity contribution in [2.24, 2.45) is 0 Å². The van der Waals surface area contributed by atoms with Gasteiger partial charge in [-0.25, -0.2) is 8.42 Å². The first-order valence-corrected chi connectivity index (χ1v) is 9.85. The average Bonchev–Trinajstić information content (AvgIpc) is 3.03. The van der Waals surface area contributed by atoms with Gasteiger partial charge in [0, 0.05) is 31.5 Å². The fourth-order valence-corrected chi connectivity index (χ4v) is 3.71. The van der Waals surface area contributed by atoms with E-state index in [2.05, 4.69) is 15.2 Å². The van der Waals surface area contributed by atoms with E-state index >= 15 is 0 Å². The summed E-state index contributed by atoms with van der Waals surface area (Å²) in [5.74, 6) is 0.516. The van der Waals surface area contributed by atoms with Crippen LogP contribution in [0, 0.1) is 13.8 Å². The molecule has 3 heterocycles. The smallest absolute Gasteiger partial charge is 0.150 e. The molecule has 9 heteroatoms. The van der Waals surface area contributed by atoms with Gasteiger partial charge >= 0.3 is 0 Å². The summed E-state index contributed by atoms with van der Waals surface area (Å²) in [7, 11) is -3.25. The SMILES string of the molecule is Cc1noc(C)c1CN1CCn2nc([C@H](O)CS(C)(=O)=O)cc2C1. The molecule has 24 heavy (non-hydrogen) atoms. The van der Waals surface area contributed by atoms with Crippen LogP contribution in [-0.2, 0) is 29.5 Å². The van der Waals surface area contributed by atoms with E-state index in [-0.39, 0.29) is 5.75 Å². The van der Waals surface area contributed by atoms with E-state index < -0.39 is 15.9 Å². The molecule has 0 fully saturated rings. The van der Waals surface area contributed by atoms with Crippen molar-refractivity contribution in [3.63, 3.8) is 0 Å². The fourth-order valence-electron chi connectivity index (χ4n) is 2.96. The number of hydrogen-bond acceptors (Lipinski definition) is 7. The quantitative estimate of drug-likeness (QED) is 0.838. The minimum atomic E-state index is -3.25. The molecule has 8 nitrogen and oxygen atoms in total. The summed E-state index contributed by atoms with van der Waals surface area (Å²) in [5.41, 5.74) is 3.38. The highest BCUT2D eigenvalue weighted by Gasteiger charge is 2.24. The molecule has 0 bridgehead atoms. The topological polar surface area (TPSA) is 101 Å². The molecule has 0 radical (unpaired) electrons. The van der Waals surface area contributed by atoms with Crippen LogP contribution in [0.3, 0.4) is 0 Å². The number of fused-ring (bicyclic) bond motifs is 1. The van der Waals surface area contributed by atoms with E-state index in [0.717, 1.165) is 42.1 Å². The fraction of sp³-hybridized carbons (Fsp3) is 0.600. The summed E-state index contributed by atoms with van der Waals surface area (Å²) in [6.07, 6.45) is 0.0199. The maximum absolute atomic E-state index is 11.3. The van der Waals surface area contributed by atoms with Gasteiger partial charge in [-0.15, -0.1) is 0 Å². The molecule has 1 aliphatic heterocycles. The first-order chi connectivity index (χ1) is 11.2. The van der Waals surface area contributed by atoms with Crippen molar-refractivity contribution >= 4 is 9.84 Å². The average molecular weight is 354 g/mol. The number of aromatic nitrogens is 3. The Bertz CT molecular complexity index is 820. The van der Waals surface area contributed by atoms with Crippen molar-refractivity contribution in [3.05, 3.63) is 34.5 Å². The van der Waals surface area contributed by atoms with Gasteiger partial charge in [-0.05, 0) is 19.9 Å². The predicted octanol–water partition coefficient (Wildman–Crippen LogP) is 0.582. The van der Waals surface area contributed by atoms with Gasteiger partial charge in [0.25, 0.3) is 0 Å². The van der Waals surface area contributed by atoms with Crippen molar-refractivity contribution in [3.8, 4) is 0 Å². The van der Waals surface area contributed by atoms with Crippen molar-refractivity contribution in [2.45, 2.75) is 39.6 Å². The second-order valence-corrected chi connectivity index (χ2v) is 8.59. The van der Waals surface area contributed by atoms with Crippen molar-refractivity contribution < 1.29 is 18.0 Å². The molecule has 0 saturated heterocycles. The Morgan fingerprint density at radius 2 is 2.12 bits per heavy atom. The molecule has 2 aromatic rings. The lowest BCUT2D eigenvalue weighted by molar-refractivity contribution is 0.191. The zero-order valence-corrected chi connectivity index (χ0v) is 14.9. The summed E-state index contributed by atoms with van der Waals surface area (Å²) in [5, 5.41) is 18.4. The summed E-state index contributed by atoms with van der Waals surface area (Å²) in [4.78, 5) is 2.26. The van der Waals surface area contributed by atoms with Crippen LogP contribution in [0.4, 0.5) is 0 Å². The predicted molar refractivity (Wildman–Crippen MR) is 87.0 cm³/mol. The molecule has 0 saturated carbocycles. The van der Waals surface area contributed by atoms with Gasteiger partial charge in [-0.1, -0.05) is 5.16 Å². The third-order valence-electron chi connectivity index (χ3n) is 4.26. The van der Waals surface area contributed by atoms with E-state index in [4.69, 9.17) is 4.52 Å². The van der Waals surface area contributed by atoms with E-state index in [1.165, 1.54) is 0 Å². The number of aryl methyl sites for hydroxylation is 2. The van der Waals surface area contributed by atoms with E-state index in [0.29, 0.717) is 18.8 Å². The van der Waals surface area contributed by atoms with Crippen LogP contribution in [0.25, 0.3) is 0 Å². The van der Waals surface area contributed by atoms with Crippen LogP contribution in [0.5, 0.6) is 0 Å². The van der Waals surface area contributed by atoms with Crippen LogP contribution in [0.1, 0.15) is 34.5 Å². The molecule has 0 amide bonds. The maximum atomic E-state index is 11.3. The number of aliphatic hydroxyl groups is 1. The maximum Gasteiger partial charge on any atom is 0.150 e. The van der Waals surface area contributed by atoms with Crippen LogP contribution >= 0.6 is 0 Å². The highest BCUT2D eigenvalue weighted by atomic mass is 32.2. The van der Waals surface area contributed by atoms with Gasteiger partial charge in [0.2, 0.25) is 0 Å². The minimum Gasteiger partial charge on any atom is -0.386 e. The molecule has 1 aliphatic rings. The molecule has 132 valence electrons. The molecule has 0 unspecified atom stereocenters. The molecule has 0 aliphatic carbocycles. The van der Waals surface area contributed by atoms with E-state index in [1.807, 2.05) is 18.5 Å². The van der Waals surface area contributed by atoms with Gasteiger partial charge in [-0.3, -0.25) is 9.58 Å².